The molecule has 0 N–H and O–H groups in total. The summed E-state index contributed by atoms with van der Waals surface area (Å²) < 4.78 is 0. The van der Waals surface area contributed by atoms with Crippen molar-refractivity contribution in [3.05, 3.63) is 57.7 Å². The molecule has 0 saturated carbocycles. The molecule has 1 aromatic carbocycles. The molecule has 3 rings (SSSR count). The van der Waals surface area contributed by atoms with Crippen molar-refractivity contribution in [2.75, 3.05) is 7.05 Å². The second-order valence-corrected chi connectivity index (χ2v) is 6.55. The Morgan fingerprint density at radius 3 is 2.77 bits per heavy atom. The Balaban J connectivity index is 1.81. The quantitative estimate of drug-likeness (QED) is 0.742. The van der Waals surface area contributed by atoms with Gasteiger partial charge in [0, 0.05) is 25.2 Å². The summed E-state index contributed by atoms with van der Waals surface area (Å²) in [6.45, 7) is 4.33. The van der Waals surface area contributed by atoms with Gasteiger partial charge in [-0.3, -0.25) is 9.78 Å². The van der Waals surface area contributed by atoms with Crippen LogP contribution in [0.5, 0.6) is 0 Å². The molecule has 0 aliphatic carbocycles. The van der Waals surface area contributed by atoms with Crippen LogP contribution in [0.25, 0.3) is 10.9 Å². The van der Waals surface area contributed by atoms with Gasteiger partial charge in [0.15, 0.2) is 0 Å². The summed E-state index contributed by atoms with van der Waals surface area (Å²) in [6.07, 6.45) is 1.83. The molecule has 4 nitrogen and oxygen atoms in total. The number of nitrogens with zero attached hydrogens (tertiary/aromatic N) is 3. The van der Waals surface area contributed by atoms with Crippen LogP contribution >= 0.6 is 11.3 Å². The zero-order chi connectivity index (χ0) is 15.7. The van der Waals surface area contributed by atoms with Gasteiger partial charge in [-0.15, -0.1) is 11.3 Å². The van der Waals surface area contributed by atoms with Crippen LogP contribution in [0.2, 0.25) is 0 Å². The lowest BCUT2D eigenvalue weighted by Crippen LogP contribution is -2.26. The fourth-order valence-corrected chi connectivity index (χ4v) is 3.37. The predicted octanol–water partition coefficient (Wildman–Crippen LogP) is 3.58. The van der Waals surface area contributed by atoms with Crippen molar-refractivity contribution in [3.63, 3.8) is 0 Å². The molecule has 2 aromatic heterocycles. The van der Waals surface area contributed by atoms with Crippen molar-refractivity contribution in [3.8, 4) is 0 Å². The fourth-order valence-electron chi connectivity index (χ4n) is 2.45. The number of benzene rings is 1. The van der Waals surface area contributed by atoms with Crippen molar-refractivity contribution in [1.29, 1.82) is 0 Å². The molecular weight excluding hydrogens is 294 g/mol. The highest BCUT2D eigenvalue weighted by atomic mass is 32.1. The molecule has 3 aromatic rings. The minimum atomic E-state index is 0.0104. The Hall–Kier alpha value is -2.27. The lowest BCUT2D eigenvalue weighted by molar-refractivity contribution is 0.0789. The van der Waals surface area contributed by atoms with E-state index in [9.17, 15) is 4.79 Å². The van der Waals surface area contributed by atoms with E-state index in [1.54, 1.807) is 4.90 Å². The zero-order valence-corrected chi connectivity index (χ0v) is 13.6. The Morgan fingerprint density at radius 1 is 1.27 bits per heavy atom. The van der Waals surface area contributed by atoms with E-state index in [1.807, 2.05) is 51.4 Å². The molecule has 0 fully saturated rings. The van der Waals surface area contributed by atoms with E-state index in [0.29, 0.717) is 11.4 Å². The molecule has 0 saturated heterocycles. The molecule has 0 aliphatic rings. The normalized spacial score (nSPS) is 10.9. The van der Waals surface area contributed by atoms with Crippen LogP contribution in [-0.4, -0.2) is 27.8 Å². The Kier molecular flexibility index (Phi) is 3.90. The first-order valence-corrected chi connectivity index (χ1v) is 7.89. The van der Waals surface area contributed by atoms with E-state index in [1.165, 1.54) is 11.3 Å². The van der Waals surface area contributed by atoms with Crippen molar-refractivity contribution in [2.45, 2.75) is 20.4 Å². The fraction of sp³-hybridized carbons (Fsp3) is 0.235. The Labute approximate surface area is 133 Å². The van der Waals surface area contributed by atoms with E-state index in [0.717, 1.165) is 27.2 Å². The number of rotatable bonds is 3. The van der Waals surface area contributed by atoms with Crippen LogP contribution in [-0.2, 0) is 6.54 Å². The van der Waals surface area contributed by atoms with Gasteiger partial charge < -0.3 is 4.90 Å². The van der Waals surface area contributed by atoms with E-state index >= 15 is 0 Å². The summed E-state index contributed by atoms with van der Waals surface area (Å²) in [7, 11) is 1.81. The largest absolute Gasteiger partial charge is 0.337 e. The van der Waals surface area contributed by atoms with Gasteiger partial charge in [-0.25, -0.2) is 4.98 Å². The molecule has 5 heteroatoms. The van der Waals surface area contributed by atoms with Gasteiger partial charge in [-0.1, -0.05) is 18.2 Å². The average molecular weight is 311 g/mol. The van der Waals surface area contributed by atoms with Crippen molar-refractivity contribution >= 4 is 28.1 Å². The highest BCUT2D eigenvalue weighted by molar-refractivity contribution is 7.13. The van der Waals surface area contributed by atoms with E-state index in [4.69, 9.17) is 0 Å². The molecule has 0 unspecified atom stereocenters. The highest BCUT2D eigenvalue weighted by Gasteiger charge is 2.18. The second kappa shape index (κ2) is 5.85. The molecule has 0 aliphatic heterocycles. The molecule has 112 valence electrons. The number of thiazole rings is 1. The lowest BCUT2D eigenvalue weighted by atomic mass is 10.1. The third-order valence-corrected chi connectivity index (χ3v) is 4.57. The molecule has 0 radical (unpaired) electrons. The Morgan fingerprint density at radius 2 is 2.05 bits per heavy atom. The topological polar surface area (TPSA) is 46.1 Å². The summed E-state index contributed by atoms with van der Waals surface area (Å²) in [6, 6.07) is 10.1. The molecule has 22 heavy (non-hydrogen) atoms. The second-order valence-electron chi connectivity index (χ2n) is 5.34. The van der Waals surface area contributed by atoms with Crippen LogP contribution in [0, 0.1) is 13.8 Å². The van der Waals surface area contributed by atoms with Crippen LogP contribution in [0.3, 0.4) is 0 Å². The molecular formula is C17H17N3OS. The standard InChI is InChI=1S/C17H17N3OS/c1-11-16(22-12(2)19-11)17(21)20(3)10-13-8-14-6-4-5-7-15(14)18-9-13/h4-9H,10H2,1-3H3. The SMILES string of the molecule is Cc1nc(C)c(C(=O)N(C)Cc2cnc3ccccc3c2)s1. The van der Waals surface area contributed by atoms with Crippen LogP contribution in [0.4, 0.5) is 0 Å². The van der Waals surface area contributed by atoms with Gasteiger partial charge in [0.25, 0.3) is 5.91 Å². The number of hydrogen-bond acceptors (Lipinski definition) is 4. The van der Waals surface area contributed by atoms with E-state index < -0.39 is 0 Å². The highest BCUT2D eigenvalue weighted by Crippen LogP contribution is 2.20. The molecule has 2 heterocycles. The van der Waals surface area contributed by atoms with Gasteiger partial charge >= 0.3 is 0 Å². The number of pyridine rings is 1. The molecule has 0 bridgehead atoms. The van der Waals surface area contributed by atoms with E-state index in [2.05, 4.69) is 16.0 Å². The number of carbonyl (C=O) groups is 1. The number of aromatic nitrogens is 2. The summed E-state index contributed by atoms with van der Waals surface area (Å²) in [4.78, 5) is 23.7. The minimum Gasteiger partial charge on any atom is -0.337 e. The summed E-state index contributed by atoms with van der Waals surface area (Å²) >= 11 is 1.45. The molecule has 0 spiro atoms. The number of amides is 1. The van der Waals surface area contributed by atoms with Gasteiger partial charge in [-0.05, 0) is 31.5 Å². The average Bonchev–Trinajstić information content (AvgIpc) is 2.85. The molecule has 0 atom stereocenters. The number of fused-ring (bicyclic) bond motifs is 1. The monoisotopic (exact) mass is 311 g/mol. The zero-order valence-electron chi connectivity index (χ0n) is 12.8. The number of carbonyl (C=O) groups excluding carboxylic acids is 1. The van der Waals surface area contributed by atoms with Gasteiger partial charge in [0.2, 0.25) is 0 Å². The third kappa shape index (κ3) is 2.85. The number of hydrogen-bond donors (Lipinski definition) is 0. The maximum absolute atomic E-state index is 12.5. The first-order valence-electron chi connectivity index (χ1n) is 7.08. The van der Waals surface area contributed by atoms with Gasteiger partial charge in [0.05, 0.1) is 16.2 Å². The maximum Gasteiger partial charge on any atom is 0.265 e. The first-order chi connectivity index (χ1) is 10.5. The lowest BCUT2D eigenvalue weighted by Gasteiger charge is -2.16. The summed E-state index contributed by atoms with van der Waals surface area (Å²) in [5.74, 6) is 0.0104. The van der Waals surface area contributed by atoms with Gasteiger partial charge in [-0.2, -0.15) is 0 Å². The summed E-state index contributed by atoms with van der Waals surface area (Å²) in [5, 5.41) is 2.01. The maximum atomic E-state index is 12.5. The predicted molar refractivity (Wildman–Crippen MR) is 89.1 cm³/mol. The first kappa shape index (κ1) is 14.7. The summed E-state index contributed by atoms with van der Waals surface area (Å²) in [5.41, 5.74) is 2.79. The van der Waals surface area contributed by atoms with Crippen LogP contribution < -0.4 is 0 Å². The molecule has 1 amide bonds. The van der Waals surface area contributed by atoms with Gasteiger partial charge in [0.1, 0.15) is 4.88 Å². The van der Waals surface area contributed by atoms with Crippen LogP contribution in [0.1, 0.15) is 25.9 Å². The van der Waals surface area contributed by atoms with E-state index in [-0.39, 0.29) is 5.91 Å². The number of aryl methyl sites for hydroxylation is 2. The smallest absolute Gasteiger partial charge is 0.265 e. The van der Waals surface area contributed by atoms with Crippen molar-refractivity contribution in [1.82, 2.24) is 14.9 Å². The Bertz CT molecular complexity index is 841. The number of para-hydroxylation sites is 1. The third-order valence-electron chi connectivity index (χ3n) is 3.51. The van der Waals surface area contributed by atoms with Crippen LogP contribution in [0.15, 0.2) is 36.5 Å². The minimum absolute atomic E-state index is 0.0104. The van der Waals surface area contributed by atoms with Crippen molar-refractivity contribution < 1.29 is 4.79 Å². The van der Waals surface area contributed by atoms with Crippen molar-refractivity contribution in [2.24, 2.45) is 0 Å².